The Morgan fingerprint density at radius 1 is 0.933 bits per heavy atom. The maximum atomic E-state index is 5.57. The van der Waals surface area contributed by atoms with E-state index in [-0.39, 0.29) is 0 Å². The predicted molar refractivity (Wildman–Crippen MR) is 65.8 cm³/mol. The first kappa shape index (κ1) is 12.4. The Bertz CT molecular complexity index is 239. The van der Waals surface area contributed by atoms with Gasteiger partial charge in [0.25, 0.3) is 0 Å². The Morgan fingerprint density at radius 2 is 1.67 bits per heavy atom. The number of hydrogen-bond donors (Lipinski definition) is 0. The first-order valence-corrected chi connectivity index (χ1v) is 6.36. The monoisotopic (exact) mass is 224 g/mol. The molecule has 0 radical (unpaired) electrons. The highest BCUT2D eigenvalue weighted by Gasteiger charge is 1.92. The van der Waals surface area contributed by atoms with Gasteiger partial charge in [-0.05, 0) is 24.8 Å². The highest BCUT2D eigenvalue weighted by atomic mass is 28.2. The van der Waals surface area contributed by atoms with Gasteiger partial charge in [-0.3, -0.25) is 0 Å². The first-order chi connectivity index (χ1) is 7.43. The third kappa shape index (κ3) is 6.44. The van der Waals surface area contributed by atoms with Crippen molar-refractivity contribution in [2.24, 2.45) is 0 Å². The van der Waals surface area contributed by atoms with Crippen molar-refractivity contribution in [3.8, 4) is 0 Å². The Labute approximate surface area is 95.1 Å². The lowest BCUT2D eigenvalue weighted by Gasteiger charge is -2.04. The minimum Gasteiger partial charge on any atom is -0.428 e. The highest BCUT2D eigenvalue weighted by Crippen LogP contribution is 2.02. The summed E-state index contributed by atoms with van der Waals surface area (Å²) in [5.41, 5.74) is 1.25. The molecule has 0 aliphatic heterocycles. The molecule has 0 saturated carbocycles. The second-order valence-corrected chi connectivity index (χ2v) is 4.17. The van der Waals surface area contributed by atoms with Crippen LogP contribution in [0.4, 0.5) is 0 Å². The third-order valence-electron chi connectivity index (χ3n) is 2.25. The molecule has 15 heavy (non-hydrogen) atoms. The lowest BCUT2D eigenvalue weighted by molar-refractivity contribution is 0.116. The molecule has 0 aromatic heterocycles. The van der Waals surface area contributed by atoms with Gasteiger partial charge in [0, 0.05) is 13.2 Å². The van der Waals surface area contributed by atoms with Gasteiger partial charge in [0.15, 0.2) is 0 Å². The summed E-state index contributed by atoms with van der Waals surface area (Å²) in [6, 6.07) is 10.3. The van der Waals surface area contributed by atoms with Crippen LogP contribution in [0.15, 0.2) is 30.3 Å². The van der Waals surface area contributed by atoms with Gasteiger partial charge in [0.2, 0.25) is 0 Å². The fourth-order valence-electron chi connectivity index (χ4n) is 1.39. The van der Waals surface area contributed by atoms with Gasteiger partial charge in [-0.25, -0.2) is 0 Å². The van der Waals surface area contributed by atoms with Crippen molar-refractivity contribution in [2.75, 3.05) is 13.2 Å². The quantitative estimate of drug-likeness (QED) is 0.494. The Kier molecular flexibility index (Phi) is 7.16. The summed E-state index contributed by atoms with van der Waals surface area (Å²) in [6.07, 6.45) is 3.51. The second-order valence-electron chi connectivity index (χ2n) is 3.59. The molecule has 0 atom stereocenters. The lowest BCUT2D eigenvalue weighted by Crippen LogP contribution is -1.96. The van der Waals surface area contributed by atoms with Crippen molar-refractivity contribution in [3.63, 3.8) is 0 Å². The van der Waals surface area contributed by atoms with Gasteiger partial charge >= 0.3 is 0 Å². The number of unbranched alkanes of at least 4 members (excludes halogenated alkanes) is 2. The van der Waals surface area contributed by atoms with Crippen molar-refractivity contribution in [1.82, 2.24) is 0 Å². The van der Waals surface area contributed by atoms with Crippen molar-refractivity contribution in [3.05, 3.63) is 35.9 Å². The van der Waals surface area contributed by atoms with Crippen LogP contribution in [0.5, 0.6) is 0 Å². The van der Waals surface area contributed by atoms with Crippen LogP contribution in [0.1, 0.15) is 24.8 Å². The van der Waals surface area contributed by atoms with Crippen LogP contribution in [0.25, 0.3) is 0 Å². The van der Waals surface area contributed by atoms with E-state index in [0.29, 0.717) is 0 Å². The predicted octanol–water partition coefficient (Wildman–Crippen LogP) is 1.67. The molecule has 1 rings (SSSR count). The molecule has 0 spiro atoms. The summed E-state index contributed by atoms with van der Waals surface area (Å²) >= 11 is 0. The van der Waals surface area contributed by atoms with Gasteiger partial charge in [-0.15, -0.1) is 0 Å². The van der Waals surface area contributed by atoms with E-state index in [1.807, 2.05) is 18.2 Å². The van der Waals surface area contributed by atoms with Crippen LogP contribution in [-0.4, -0.2) is 23.7 Å². The molecule has 0 N–H and O–H groups in total. The standard InChI is InChI=1S/C12H20O2Si/c15-14-10-6-2-5-9-13-11-12-7-3-1-4-8-12/h1,3-4,7-8H,2,5-6,9-11H2,15H3. The van der Waals surface area contributed by atoms with Crippen LogP contribution in [0.2, 0.25) is 0 Å². The molecule has 1 aromatic rings. The first-order valence-electron chi connectivity index (χ1n) is 5.54. The maximum absolute atomic E-state index is 5.57. The van der Waals surface area contributed by atoms with E-state index in [1.165, 1.54) is 12.0 Å². The van der Waals surface area contributed by atoms with E-state index in [4.69, 9.17) is 9.16 Å². The number of benzene rings is 1. The Hall–Kier alpha value is -0.643. The molecule has 0 unspecified atom stereocenters. The zero-order valence-corrected chi connectivity index (χ0v) is 11.4. The number of ether oxygens (including phenoxy) is 1. The molecule has 0 heterocycles. The lowest BCUT2D eigenvalue weighted by atomic mass is 10.2. The average Bonchev–Trinajstić information content (AvgIpc) is 2.29. The van der Waals surface area contributed by atoms with E-state index in [0.717, 1.165) is 43.1 Å². The minimum absolute atomic E-state index is 0.734. The average molecular weight is 224 g/mol. The van der Waals surface area contributed by atoms with E-state index >= 15 is 0 Å². The van der Waals surface area contributed by atoms with E-state index < -0.39 is 0 Å². The van der Waals surface area contributed by atoms with E-state index in [2.05, 4.69) is 12.1 Å². The molecule has 0 aliphatic carbocycles. The summed E-state index contributed by atoms with van der Waals surface area (Å²) in [5.74, 6) is 0. The molecule has 2 nitrogen and oxygen atoms in total. The van der Waals surface area contributed by atoms with Crippen LogP contribution in [0, 0.1) is 0 Å². The number of rotatable bonds is 8. The Morgan fingerprint density at radius 3 is 2.40 bits per heavy atom. The van der Waals surface area contributed by atoms with Crippen molar-refractivity contribution >= 4 is 10.5 Å². The molecular formula is C12H20O2Si. The fourth-order valence-corrected chi connectivity index (χ4v) is 1.68. The third-order valence-corrected chi connectivity index (χ3v) is 2.66. The van der Waals surface area contributed by atoms with Gasteiger partial charge in [-0.2, -0.15) is 0 Å². The largest absolute Gasteiger partial charge is 0.428 e. The zero-order valence-electron chi connectivity index (χ0n) is 9.45. The molecule has 3 heteroatoms. The summed E-state index contributed by atoms with van der Waals surface area (Å²) in [4.78, 5) is 0. The molecule has 0 saturated heterocycles. The van der Waals surface area contributed by atoms with Crippen molar-refractivity contribution < 1.29 is 9.16 Å². The molecule has 0 amide bonds. The molecule has 0 aliphatic rings. The van der Waals surface area contributed by atoms with Crippen LogP contribution in [-0.2, 0) is 15.8 Å². The zero-order chi connectivity index (χ0) is 10.8. The fraction of sp³-hybridized carbons (Fsp3) is 0.500. The van der Waals surface area contributed by atoms with Crippen LogP contribution in [0.3, 0.4) is 0 Å². The summed E-state index contributed by atoms with van der Waals surface area (Å²) in [6.45, 7) is 2.51. The van der Waals surface area contributed by atoms with Crippen molar-refractivity contribution in [1.29, 1.82) is 0 Å². The van der Waals surface area contributed by atoms with Gasteiger partial charge < -0.3 is 9.16 Å². The molecule has 0 bridgehead atoms. The number of hydrogen-bond acceptors (Lipinski definition) is 2. The Balaban J connectivity index is 1.93. The van der Waals surface area contributed by atoms with E-state index in [1.54, 1.807) is 0 Å². The summed E-state index contributed by atoms with van der Waals surface area (Å²) in [7, 11) is 0.861. The van der Waals surface area contributed by atoms with Gasteiger partial charge in [0.1, 0.15) is 10.5 Å². The van der Waals surface area contributed by atoms with Gasteiger partial charge in [0.05, 0.1) is 6.61 Å². The topological polar surface area (TPSA) is 18.5 Å². The maximum Gasteiger partial charge on any atom is 0.145 e. The summed E-state index contributed by atoms with van der Waals surface area (Å²) in [5, 5.41) is 0. The van der Waals surface area contributed by atoms with Crippen LogP contribution >= 0.6 is 0 Å². The van der Waals surface area contributed by atoms with Gasteiger partial charge in [-0.1, -0.05) is 30.3 Å². The van der Waals surface area contributed by atoms with Crippen molar-refractivity contribution in [2.45, 2.75) is 25.9 Å². The molecule has 1 aromatic carbocycles. The summed E-state index contributed by atoms with van der Waals surface area (Å²) < 4.78 is 10.7. The second kappa shape index (κ2) is 8.65. The SMILES string of the molecule is [SiH3]OCCCCCOCc1ccccc1. The molecular weight excluding hydrogens is 204 g/mol. The van der Waals surface area contributed by atoms with Crippen LogP contribution < -0.4 is 0 Å². The molecule has 84 valence electrons. The molecule has 0 fully saturated rings. The normalized spacial score (nSPS) is 10.7. The van der Waals surface area contributed by atoms with E-state index in [9.17, 15) is 0 Å². The smallest absolute Gasteiger partial charge is 0.145 e. The minimum atomic E-state index is 0.734. The highest BCUT2D eigenvalue weighted by molar-refractivity contribution is 5.97.